The molecule has 1 saturated heterocycles. The lowest BCUT2D eigenvalue weighted by Gasteiger charge is -2.38. The molecule has 116 valence electrons. The van der Waals surface area contributed by atoms with E-state index in [4.69, 9.17) is 0 Å². The molecule has 2 N–H and O–H groups in total. The van der Waals surface area contributed by atoms with Crippen molar-refractivity contribution in [3.05, 3.63) is 47.5 Å². The van der Waals surface area contributed by atoms with E-state index in [2.05, 4.69) is 9.80 Å². The van der Waals surface area contributed by atoms with Crippen LogP contribution in [0.15, 0.2) is 36.4 Å². The van der Waals surface area contributed by atoms with Crippen molar-refractivity contribution in [3.8, 4) is 11.5 Å². The summed E-state index contributed by atoms with van der Waals surface area (Å²) in [5, 5.41) is 19.1. The highest BCUT2D eigenvalue weighted by Gasteiger charge is 2.19. The molecule has 1 fully saturated rings. The van der Waals surface area contributed by atoms with Gasteiger partial charge in [-0.05, 0) is 61.4 Å². The minimum atomic E-state index is 0.319. The van der Waals surface area contributed by atoms with Crippen molar-refractivity contribution in [2.24, 2.45) is 0 Å². The largest absolute Gasteiger partial charge is 0.508 e. The van der Waals surface area contributed by atoms with Gasteiger partial charge in [-0.25, -0.2) is 0 Å². The molecule has 0 spiro atoms. The summed E-state index contributed by atoms with van der Waals surface area (Å²) in [5.41, 5.74) is 4.60. The molecule has 0 aromatic heterocycles. The molecule has 22 heavy (non-hydrogen) atoms. The van der Waals surface area contributed by atoms with Crippen LogP contribution < -0.4 is 9.80 Å². The predicted molar refractivity (Wildman–Crippen MR) is 90.1 cm³/mol. The Bertz CT molecular complexity index is 617. The first-order valence-corrected chi connectivity index (χ1v) is 7.64. The van der Waals surface area contributed by atoms with E-state index >= 15 is 0 Å². The van der Waals surface area contributed by atoms with E-state index in [1.165, 1.54) is 11.4 Å². The quantitative estimate of drug-likeness (QED) is 0.894. The maximum atomic E-state index is 9.53. The van der Waals surface area contributed by atoms with E-state index in [1.807, 2.05) is 38.1 Å². The summed E-state index contributed by atoms with van der Waals surface area (Å²) in [6.45, 7) is 7.87. The van der Waals surface area contributed by atoms with Gasteiger partial charge >= 0.3 is 0 Å². The van der Waals surface area contributed by atoms with Crippen LogP contribution in [0.25, 0.3) is 0 Å². The molecule has 0 atom stereocenters. The second kappa shape index (κ2) is 5.79. The van der Waals surface area contributed by atoms with Crippen LogP contribution in [0, 0.1) is 13.8 Å². The zero-order valence-electron chi connectivity index (χ0n) is 13.1. The molecule has 0 bridgehead atoms. The highest BCUT2D eigenvalue weighted by Crippen LogP contribution is 2.28. The number of aromatic hydroxyl groups is 2. The Morgan fingerprint density at radius 2 is 1.05 bits per heavy atom. The van der Waals surface area contributed by atoms with Gasteiger partial charge in [0.2, 0.25) is 0 Å². The summed E-state index contributed by atoms with van der Waals surface area (Å²) in [6, 6.07) is 11.1. The first kappa shape index (κ1) is 14.6. The van der Waals surface area contributed by atoms with Crippen LogP contribution in [-0.2, 0) is 0 Å². The van der Waals surface area contributed by atoms with E-state index in [-0.39, 0.29) is 0 Å². The first-order valence-electron chi connectivity index (χ1n) is 7.64. The van der Waals surface area contributed by atoms with Crippen molar-refractivity contribution in [1.82, 2.24) is 0 Å². The summed E-state index contributed by atoms with van der Waals surface area (Å²) >= 11 is 0. The summed E-state index contributed by atoms with van der Waals surface area (Å²) in [5.74, 6) is 0.638. The fraction of sp³-hybridized carbons (Fsp3) is 0.333. The van der Waals surface area contributed by atoms with Gasteiger partial charge in [0.25, 0.3) is 0 Å². The second-order valence-corrected chi connectivity index (χ2v) is 5.92. The minimum absolute atomic E-state index is 0.319. The van der Waals surface area contributed by atoms with E-state index in [9.17, 15) is 10.2 Å². The Labute approximate surface area is 131 Å². The second-order valence-electron chi connectivity index (χ2n) is 5.92. The maximum Gasteiger partial charge on any atom is 0.115 e. The van der Waals surface area contributed by atoms with E-state index in [1.54, 1.807) is 12.1 Å². The van der Waals surface area contributed by atoms with Crippen LogP contribution in [0.4, 0.5) is 11.4 Å². The number of piperazine rings is 1. The number of anilines is 2. The average Bonchev–Trinajstić information content (AvgIpc) is 2.48. The summed E-state index contributed by atoms with van der Waals surface area (Å²) in [4.78, 5) is 4.72. The molecule has 0 saturated carbocycles. The molecule has 1 heterocycles. The van der Waals surface area contributed by atoms with Crippen LogP contribution >= 0.6 is 0 Å². The molecule has 3 rings (SSSR count). The van der Waals surface area contributed by atoms with Gasteiger partial charge in [-0.1, -0.05) is 0 Å². The number of benzene rings is 2. The van der Waals surface area contributed by atoms with E-state index in [0.717, 1.165) is 37.3 Å². The third kappa shape index (κ3) is 2.82. The van der Waals surface area contributed by atoms with Gasteiger partial charge in [0.05, 0.1) is 0 Å². The standard InChI is InChI=1S/C18H22N2O2/c1-13-11-15(21)3-5-17(13)19-7-9-20(10-8-19)18-6-4-16(22)12-14(18)2/h3-6,11-12,21-22H,7-10H2,1-2H3. The Kier molecular flexibility index (Phi) is 3.84. The topological polar surface area (TPSA) is 46.9 Å². The van der Waals surface area contributed by atoms with Gasteiger partial charge in [-0.3, -0.25) is 0 Å². The lowest BCUT2D eigenvalue weighted by molar-refractivity contribution is 0.474. The number of aryl methyl sites for hydroxylation is 2. The lowest BCUT2D eigenvalue weighted by Crippen LogP contribution is -2.47. The Morgan fingerprint density at radius 1 is 0.682 bits per heavy atom. The van der Waals surface area contributed by atoms with E-state index < -0.39 is 0 Å². The molecule has 0 unspecified atom stereocenters. The van der Waals surface area contributed by atoms with Crippen LogP contribution in [0.3, 0.4) is 0 Å². The van der Waals surface area contributed by atoms with Gasteiger partial charge in [-0.15, -0.1) is 0 Å². The normalized spacial score (nSPS) is 15.2. The highest BCUT2D eigenvalue weighted by atomic mass is 16.3. The molecule has 2 aromatic carbocycles. The summed E-state index contributed by atoms with van der Waals surface area (Å²) < 4.78 is 0. The Morgan fingerprint density at radius 3 is 1.36 bits per heavy atom. The number of hydrogen-bond acceptors (Lipinski definition) is 4. The number of phenolic OH excluding ortho intramolecular Hbond substituents is 2. The smallest absolute Gasteiger partial charge is 0.115 e. The number of rotatable bonds is 2. The fourth-order valence-electron chi connectivity index (χ4n) is 3.18. The number of phenols is 2. The van der Waals surface area contributed by atoms with Crippen molar-refractivity contribution >= 4 is 11.4 Å². The Balaban J connectivity index is 1.72. The lowest BCUT2D eigenvalue weighted by atomic mass is 10.1. The average molecular weight is 298 g/mol. The van der Waals surface area contributed by atoms with Crippen LogP contribution in [0.2, 0.25) is 0 Å². The first-order chi connectivity index (χ1) is 10.5. The molecule has 1 aliphatic rings. The molecule has 0 aliphatic carbocycles. The zero-order chi connectivity index (χ0) is 15.7. The monoisotopic (exact) mass is 298 g/mol. The Hall–Kier alpha value is -2.36. The van der Waals surface area contributed by atoms with Gasteiger partial charge in [0.1, 0.15) is 11.5 Å². The van der Waals surface area contributed by atoms with Crippen molar-refractivity contribution in [2.75, 3.05) is 36.0 Å². The molecule has 4 nitrogen and oxygen atoms in total. The fourth-order valence-corrected chi connectivity index (χ4v) is 3.18. The molecular weight excluding hydrogens is 276 g/mol. The van der Waals surface area contributed by atoms with Crippen molar-refractivity contribution in [3.63, 3.8) is 0 Å². The van der Waals surface area contributed by atoms with Gasteiger partial charge in [0.15, 0.2) is 0 Å². The van der Waals surface area contributed by atoms with Crippen LogP contribution in [-0.4, -0.2) is 36.4 Å². The summed E-state index contributed by atoms with van der Waals surface area (Å²) in [7, 11) is 0. The van der Waals surface area contributed by atoms with Gasteiger partial charge in [-0.2, -0.15) is 0 Å². The van der Waals surface area contributed by atoms with Crippen molar-refractivity contribution < 1.29 is 10.2 Å². The van der Waals surface area contributed by atoms with Gasteiger partial charge in [0, 0.05) is 37.6 Å². The van der Waals surface area contributed by atoms with Gasteiger partial charge < -0.3 is 20.0 Å². The molecule has 4 heteroatoms. The highest BCUT2D eigenvalue weighted by molar-refractivity contribution is 5.59. The maximum absolute atomic E-state index is 9.53. The molecule has 0 radical (unpaired) electrons. The molecule has 2 aromatic rings. The van der Waals surface area contributed by atoms with Crippen molar-refractivity contribution in [1.29, 1.82) is 0 Å². The zero-order valence-corrected chi connectivity index (χ0v) is 13.1. The SMILES string of the molecule is Cc1cc(O)ccc1N1CCN(c2ccc(O)cc2C)CC1. The predicted octanol–water partition coefficient (Wildman–Crippen LogP) is 3.04. The van der Waals surface area contributed by atoms with E-state index in [0.29, 0.717) is 11.5 Å². The van der Waals surface area contributed by atoms with Crippen LogP contribution in [0.5, 0.6) is 11.5 Å². The van der Waals surface area contributed by atoms with Crippen LogP contribution in [0.1, 0.15) is 11.1 Å². The third-order valence-electron chi connectivity index (χ3n) is 4.32. The number of hydrogen-bond donors (Lipinski definition) is 2. The minimum Gasteiger partial charge on any atom is -0.508 e. The molecular formula is C18H22N2O2. The van der Waals surface area contributed by atoms with Crippen molar-refractivity contribution in [2.45, 2.75) is 13.8 Å². The molecule has 0 amide bonds. The summed E-state index contributed by atoms with van der Waals surface area (Å²) in [6.07, 6.45) is 0. The third-order valence-corrected chi connectivity index (χ3v) is 4.32. The number of nitrogens with zero attached hydrogens (tertiary/aromatic N) is 2. The molecule has 1 aliphatic heterocycles.